The van der Waals surface area contributed by atoms with Crippen LogP contribution in [0.25, 0.3) is 10.2 Å². The normalized spacial score (nSPS) is 26.3. The Bertz CT molecular complexity index is 862. The molecule has 1 amide bonds. The number of amides is 1. The second kappa shape index (κ2) is 6.55. The second-order valence-corrected chi connectivity index (χ2v) is 11.4. The van der Waals surface area contributed by atoms with Crippen LogP contribution >= 0.6 is 23.1 Å². The van der Waals surface area contributed by atoms with Crippen LogP contribution in [0.1, 0.15) is 25.7 Å². The standard InChI is InChI=1S/C17H20N2O3S3/c1-25(21,22)13-8-11-6-7-12(9-13)19(11)16(20)10-23-17-18-14-4-2-3-5-15(14)24-17/h2-5,11-13H,6-10H2,1H3. The molecule has 0 spiro atoms. The molecule has 1 aromatic carbocycles. The lowest BCUT2D eigenvalue weighted by Crippen LogP contribution is -2.50. The average molecular weight is 397 g/mol. The van der Waals surface area contributed by atoms with Crippen molar-refractivity contribution in [2.75, 3.05) is 12.0 Å². The summed E-state index contributed by atoms with van der Waals surface area (Å²) in [6.07, 6.45) is 4.35. The Morgan fingerprint density at radius 2 is 1.96 bits per heavy atom. The van der Waals surface area contributed by atoms with Crippen molar-refractivity contribution in [3.8, 4) is 0 Å². The molecule has 3 heterocycles. The van der Waals surface area contributed by atoms with E-state index in [1.807, 2.05) is 29.2 Å². The minimum Gasteiger partial charge on any atom is -0.336 e. The fourth-order valence-corrected chi connectivity index (χ4v) is 7.08. The Morgan fingerprint density at radius 1 is 1.28 bits per heavy atom. The zero-order chi connectivity index (χ0) is 17.6. The van der Waals surface area contributed by atoms with Gasteiger partial charge >= 0.3 is 0 Å². The quantitative estimate of drug-likeness (QED) is 0.744. The van der Waals surface area contributed by atoms with Crippen molar-refractivity contribution >= 4 is 49.1 Å². The molecule has 0 radical (unpaired) electrons. The summed E-state index contributed by atoms with van der Waals surface area (Å²) >= 11 is 3.09. The number of thiazole rings is 1. The molecule has 4 rings (SSSR count). The van der Waals surface area contributed by atoms with Crippen LogP contribution in [0.2, 0.25) is 0 Å². The van der Waals surface area contributed by atoms with Gasteiger partial charge in [0, 0.05) is 18.3 Å². The lowest BCUT2D eigenvalue weighted by atomic mass is 10.0. The molecule has 2 saturated heterocycles. The topological polar surface area (TPSA) is 67.3 Å². The zero-order valence-electron chi connectivity index (χ0n) is 13.9. The monoisotopic (exact) mass is 396 g/mol. The number of hydrogen-bond donors (Lipinski definition) is 0. The number of carbonyl (C=O) groups excluding carboxylic acids is 1. The van der Waals surface area contributed by atoms with Crippen molar-refractivity contribution in [3.05, 3.63) is 24.3 Å². The average Bonchev–Trinajstić information content (AvgIpc) is 3.09. The van der Waals surface area contributed by atoms with Crippen molar-refractivity contribution in [2.24, 2.45) is 0 Å². The lowest BCUT2D eigenvalue weighted by Gasteiger charge is -2.38. The number of fused-ring (bicyclic) bond motifs is 3. The molecular formula is C17H20N2O3S3. The highest BCUT2D eigenvalue weighted by molar-refractivity contribution is 8.01. The van der Waals surface area contributed by atoms with Gasteiger partial charge in [-0.1, -0.05) is 23.9 Å². The van der Waals surface area contributed by atoms with Crippen LogP contribution in [-0.4, -0.2) is 53.6 Å². The van der Waals surface area contributed by atoms with E-state index in [2.05, 4.69) is 4.98 Å². The summed E-state index contributed by atoms with van der Waals surface area (Å²) in [7, 11) is -3.02. The van der Waals surface area contributed by atoms with Crippen LogP contribution in [-0.2, 0) is 14.6 Å². The van der Waals surface area contributed by atoms with Gasteiger partial charge in [-0.2, -0.15) is 0 Å². The fraction of sp³-hybridized carbons (Fsp3) is 0.529. The molecule has 2 fully saturated rings. The summed E-state index contributed by atoms with van der Waals surface area (Å²) in [5.41, 5.74) is 0.969. The van der Waals surface area contributed by atoms with Crippen LogP contribution in [0.4, 0.5) is 0 Å². The summed E-state index contributed by atoms with van der Waals surface area (Å²) in [4.78, 5) is 19.3. The molecule has 2 unspecified atom stereocenters. The molecule has 134 valence electrons. The molecule has 0 N–H and O–H groups in total. The first kappa shape index (κ1) is 17.3. The minimum atomic E-state index is -3.02. The lowest BCUT2D eigenvalue weighted by molar-refractivity contribution is -0.132. The highest BCUT2D eigenvalue weighted by atomic mass is 32.2. The van der Waals surface area contributed by atoms with Gasteiger partial charge < -0.3 is 4.90 Å². The number of para-hydroxylation sites is 1. The van der Waals surface area contributed by atoms with Crippen LogP contribution in [0.3, 0.4) is 0 Å². The van der Waals surface area contributed by atoms with Crippen LogP contribution < -0.4 is 0 Å². The van der Waals surface area contributed by atoms with Gasteiger partial charge in [0.25, 0.3) is 0 Å². The Hall–Kier alpha value is -1.12. The van der Waals surface area contributed by atoms with Gasteiger partial charge in [-0.15, -0.1) is 11.3 Å². The minimum absolute atomic E-state index is 0.0851. The van der Waals surface area contributed by atoms with Crippen molar-refractivity contribution in [3.63, 3.8) is 0 Å². The van der Waals surface area contributed by atoms with E-state index in [-0.39, 0.29) is 23.2 Å². The first-order valence-corrected chi connectivity index (χ1v) is 12.2. The van der Waals surface area contributed by atoms with Crippen LogP contribution in [0.5, 0.6) is 0 Å². The number of benzene rings is 1. The van der Waals surface area contributed by atoms with Crippen molar-refractivity contribution in [2.45, 2.75) is 47.4 Å². The van der Waals surface area contributed by atoms with Gasteiger partial charge in [-0.05, 0) is 37.8 Å². The Labute approximate surface area is 155 Å². The maximum Gasteiger partial charge on any atom is 0.233 e. The molecular weight excluding hydrogens is 376 g/mol. The summed E-state index contributed by atoms with van der Waals surface area (Å²) in [6.45, 7) is 0. The highest BCUT2D eigenvalue weighted by Crippen LogP contribution is 2.39. The van der Waals surface area contributed by atoms with Crippen molar-refractivity contribution in [1.82, 2.24) is 9.88 Å². The molecule has 0 aliphatic carbocycles. The van der Waals surface area contributed by atoms with Gasteiger partial charge in [0.05, 0.1) is 21.2 Å². The summed E-state index contributed by atoms with van der Waals surface area (Å²) < 4.78 is 25.8. The van der Waals surface area contributed by atoms with E-state index in [9.17, 15) is 13.2 Å². The molecule has 2 bridgehead atoms. The Balaban J connectivity index is 1.42. The van der Waals surface area contributed by atoms with Gasteiger partial charge in [-0.3, -0.25) is 4.79 Å². The molecule has 25 heavy (non-hydrogen) atoms. The van der Waals surface area contributed by atoms with Gasteiger partial charge in [0.2, 0.25) is 5.91 Å². The van der Waals surface area contributed by atoms with Gasteiger partial charge in [-0.25, -0.2) is 13.4 Å². The van der Waals surface area contributed by atoms with E-state index in [4.69, 9.17) is 0 Å². The van der Waals surface area contributed by atoms with E-state index >= 15 is 0 Å². The van der Waals surface area contributed by atoms with E-state index in [1.165, 1.54) is 18.0 Å². The largest absolute Gasteiger partial charge is 0.336 e. The van der Waals surface area contributed by atoms with Crippen LogP contribution in [0.15, 0.2) is 28.6 Å². The number of aromatic nitrogens is 1. The molecule has 8 heteroatoms. The number of carbonyl (C=O) groups is 1. The SMILES string of the molecule is CS(=O)(=O)C1CC2CCC(C1)N2C(=O)CSc1nc2ccccc2s1. The van der Waals surface area contributed by atoms with E-state index < -0.39 is 9.84 Å². The van der Waals surface area contributed by atoms with Crippen molar-refractivity contribution in [1.29, 1.82) is 0 Å². The zero-order valence-corrected chi connectivity index (χ0v) is 16.4. The number of piperidine rings is 1. The first-order valence-electron chi connectivity index (χ1n) is 8.40. The summed E-state index contributed by atoms with van der Waals surface area (Å²) in [6, 6.07) is 8.14. The van der Waals surface area contributed by atoms with Gasteiger partial charge in [0.15, 0.2) is 4.34 Å². The number of nitrogens with zero attached hydrogens (tertiary/aromatic N) is 2. The fourth-order valence-electron chi connectivity index (χ4n) is 3.99. The molecule has 2 aliphatic rings. The smallest absolute Gasteiger partial charge is 0.233 e. The molecule has 2 atom stereocenters. The van der Waals surface area contributed by atoms with E-state index in [0.29, 0.717) is 18.6 Å². The molecule has 5 nitrogen and oxygen atoms in total. The molecule has 2 aliphatic heterocycles. The third-order valence-electron chi connectivity index (χ3n) is 5.18. The third kappa shape index (κ3) is 3.44. The molecule has 0 saturated carbocycles. The Morgan fingerprint density at radius 3 is 2.60 bits per heavy atom. The summed E-state index contributed by atoms with van der Waals surface area (Å²) in [5, 5.41) is -0.286. The van der Waals surface area contributed by atoms with Crippen LogP contribution in [0, 0.1) is 0 Å². The number of thioether (sulfide) groups is 1. The number of hydrogen-bond acceptors (Lipinski definition) is 6. The molecule has 2 aromatic rings. The maximum absolute atomic E-state index is 12.7. The number of sulfone groups is 1. The van der Waals surface area contributed by atoms with E-state index in [0.717, 1.165) is 27.4 Å². The van der Waals surface area contributed by atoms with Crippen molar-refractivity contribution < 1.29 is 13.2 Å². The second-order valence-electron chi connectivity index (χ2n) is 6.85. The van der Waals surface area contributed by atoms with Gasteiger partial charge in [0.1, 0.15) is 9.84 Å². The predicted molar refractivity (Wildman–Crippen MR) is 102 cm³/mol. The molecule has 1 aromatic heterocycles. The summed E-state index contributed by atoms with van der Waals surface area (Å²) in [5.74, 6) is 0.486. The number of rotatable bonds is 4. The van der Waals surface area contributed by atoms with E-state index in [1.54, 1.807) is 11.3 Å². The first-order chi connectivity index (χ1) is 11.9. The maximum atomic E-state index is 12.7. The predicted octanol–water partition coefficient (Wildman–Crippen LogP) is 2.96. The highest BCUT2D eigenvalue weighted by Gasteiger charge is 2.45. The Kier molecular flexibility index (Phi) is 4.54. The third-order valence-corrected chi connectivity index (χ3v) is 8.94.